The van der Waals surface area contributed by atoms with Gasteiger partial charge < -0.3 is 18.8 Å². The van der Waals surface area contributed by atoms with Crippen molar-refractivity contribution in [1.29, 1.82) is 0 Å². The van der Waals surface area contributed by atoms with E-state index in [4.69, 9.17) is 0 Å². The van der Waals surface area contributed by atoms with Gasteiger partial charge in [0.05, 0.1) is 11.0 Å². The van der Waals surface area contributed by atoms with Crippen LogP contribution < -0.4 is 31.7 Å². The zero-order valence-corrected chi connectivity index (χ0v) is 70.0. The molecule has 2 aromatic heterocycles. The summed E-state index contributed by atoms with van der Waals surface area (Å²) in [7, 11) is 0. The lowest BCUT2D eigenvalue weighted by atomic mass is 9.45. The molecule has 0 fully saturated rings. The van der Waals surface area contributed by atoms with Gasteiger partial charge in [0.1, 0.15) is 0 Å². The summed E-state index contributed by atoms with van der Waals surface area (Å²) >= 11 is 0. The van der Waals surface area contributed by atoms with Crippen LogP contribution in [0.3, 0.4) is 0 Å². The Morgan fingerprint density at radius 3 is 0.617 bits per heavy atom. The van der Waals surface area contributed by atoms with Crippen molar-refractivity contribution >= 4 is 103 Å². The third-order valence-corrected chi connectivity index (χ3v) is 27.4. The standard InChI is InChI=1S/C122H78B2N4/c1-9-29-79(30-10-1)91-65-92(80-31-11-2-12-32-80)70-99(69-91)87-53-59-103(60-54-87)125-113-63-57-89(101-73-95(83-37-17-5-18-38-83)67-96(74-101)84-39-19-6-20-40-84)77-111(113)123-117-105(45-27-51-115(117)125)107-47-25-49-109-119(107)127(123)121-110-50-26-48-108-106-46-28-52-116-118(106)124(128(120(108)110)122(109)121)112-78-90(102-75-97(85-41-21-7-22-42-85)68-98(76-102)86-43-23-8-24-44-86)58-64-114(112)126(116)104-61-55-88(56-62-104)100-71-93(81-33-13-3-14-34-81)66-94(72-100)82-35-15-4-16-36-82/h1-78H. The molecular formula is C122H78B2N4. The monoisotopic (exact) mass is 1620 g/mol. The summed E-state index contributed by atoms with van der Waals surface area (Å²) < 4.78 is 5.64. The molecule has 128 heavy (non-hydrogen) atoms. The highest BCUT2D eigenvalue weighted by Gasteiger charge is 2.48. The predicted molar refractivity (Wildman–Crippen MR) is 541 cm³/mol. The zero-order valence-electron chi connectivity index (χ0n) is 70.0. The number of fused-ring (bicyclic) bond motifs is 13. The highest BCUT2D eigenvalue weighted by atomic mass is 15.2. The Morgan fingerprint density at radius 2 is 0.359 bits per heavy atom. The first-order chi connectivity index (χ1) is 63.5. The van der Waals surface area contributed by atoms with Crippen LogP contribution in [0.5, 0.6) is 0 Å². The maximum absolute atomic E-state index is 2.82. The maximum Gasteiger partial charge on any atom is 0.333 e. The van der Waals surface area contributed by atoms with E-state index in [2.05, 4.69) is 492 Å². The van der Waals surface area contributed by atoms with Gasteiger partial charge in [-0.1, -0.05) is 352 Å². The normalized spacial score (nSPS) is 12.5. The van der Waals surface area contributed by atoms with Crippen molar-refractivity contribution in [2.24, 2.45) is 0 Å². The van der Waals surface area contributed by atoms with Gasteiger partial charge in [-0.05, 0) is 288 Å². The second-order valence-electron chi connectivity index (χ2n) is 34.6. The van der Waals surface area contributed by atoms with Gasteiger partial charge in [-0.3, -0.25) is 0 Å². The number of benzene rings is 20. The third kappa shape index (κ3) is 11.9. The van der Waals surface area contributed by atoms with Gasteiger partial charge >= 0.3 is 13.7 Å². The molecule has 4 nitrogen and oxygen atoms in total. The lowest BCUT2D eigenvalue weighted by molar-refractivity contribution is 1.25. The molecule has 0 saturated carbocycles. The fourth-order valence-corrected chi connectivity index (χ4v) is 21.6. The van der Waals surface area contributed by atoms with Crippen molar-refractivity contribution in [3.8, 4) is 156 Å². The Kier molecular flexibility index (Phi) is 16.9. The molecule has 0 bridgehead atoms. The van der Waals surface area contributed by atoms with Crippen molar-refractivity contribution < 1.29 is 0 Å². The minimum absolute atomic E-state index is 0.281. The minimum Gasteiger partial charge on any atom is -0.374 e. The maximum atomic E-state index is 2.82. The Balaban J connectivity index is 0.695. The van der Waals surface area contributed by atoms with E-state index in [1.54, 1.807) is 0 Å². The van der Waals surface area contributed by atoms with E-state index in [1.807, 2.05) is 0 Å². The molecule has 0 aliphatic carbocycles. The number of aromatic nitrogens is 2. The topological polar surface area (TPSA) is 16.3 Å². The number of hydrogen-bond donors (Lipinski definition) is 0. The van der Waals surface area contributed by atoms with E-state index in [9.17, 15) is 0 Å². The van der Waals surface area contributed by atoms with Crippen molar-refractivity contribution in [2.75, 3.05) is 9.80 Å². The van der Waals surface area contributed by atoms with Crippen molar-refractivity contribution in [2.45, 2.75) is 0 Å². The fourth-order valence-electron chi connectivity index (χ4n) is 21.6. The van der Waals surface area contributed by atoms with Gasteiger partial charge in [-0.2, -0.15) is 0 Å². The molecule has 0 radical (unpaired) electrons. The fraction of sp³-hybridized carbons (Fsp3) is 0. The molecule has 0 saturated heterocycles. The summed E-state index contributed by atoms with van der Waals surface area (Å²) in [4.78, 5) is 5.14. The summed E-state index contributed by atoms with van der Waals surface area (Å²) in [6.07, 6.45) is 0. The van der Waals surface area contributed by atoms with E-state index in [-0.39, 0.29) is 13.7 Å². The number of hydrogen-bond acceptors (Lipinski definition) is 2. The Morgan fingerprint density at radius 1 is 0.141 bits per heavy atom. The van der Waals surface area contributed by atoms with E-state index >= 15 is 0 Å². The van der Waals surface area contributed by atoms with Crippen molar-refractivity contribution in [3.63, 3.8) is 0 Å². The van der Waals surface area contributed by atoms with Gasteiger partial charge in [0, 0.05) is 67.1 Å². The van der Waals surface area contributed by atoms with Crippen LogP contribution in [-0.4, -0.2) is 22.7 Å². The predicted octanol–water partition coefficient (Wildman–Crippen LogP) is 29.6. The van der Waals surface area contributed by atoms with Crippen LogP contribution in [0.15, 0.2) is 473 Å². The van der Waals surface area contributed by atoms with Crippen molar-refractivity contribution in [1.82, 2.24) is 8.96 Å². The van der Waals surface area contributed by atoms with Gasteiger partial charge in [-0.15, -0.1) is 0 Å². The van der Waals surface area contributed by atoms with Crippen LogP contribution in [0.1, 0.15) is 0 Å². The van der Waals surface area contributed by atoms with Crippen LogP contribution in [0.25, 0.3) is 189 Å². The number of nitrogens with zero attached hydrogens (tertiary/aromatic N) is 4. The van der Waals surface area contributed by atoms with Gasteiger partial charge in [0.2, 0.25) is 0 Å². The number of para-hydroxylation sites is 2. The molecule has 0 unspecified atom stereocenters. The molecule has 6 heteroatoms. The molecule has 0 atom stereocenters. The molecule has 4 aliphatic heterocycles. The molecule has 0 spiro atoms. The first kappa shape index (κ1) is 73.0. The second kappa shape index (κ2) is 29.6. The molecule has 4 aliphatic rings. The van der Waals surface area contributed by atoms with Crippen LogP contribution in [-0.2, 0) is 0 Å². The summed E-state index contributed by atoms with van der Waals surface area (Å²) in [5, 5.41) is 2.46. The van der Waals surface area contributed by atoms with Crippen LogP contribution in [0, 0.1) is 0 Å². The van der Waals surface area contributed by atoms with Crippen LogP contribution >= 0.6 is 0 Å². The zero-order chi connectivity index (χ0) is 84.0. The highest BCUT2D eigenvalue weighted by Crippen LogP contribution is 2.53. The minimum atomic E-state index is -0.281. The van der Waals surface area contributed by atoms with E-state index in [0.717, 1.165) is 67.5 Å². The number of rotatable bonds is 14. The first-order valence-corrected chi connectivity index (χ1v) is 44.5. The van der Waals surface area contributed by atoms with Crippen molar-refractivity contribution in [3.05, 3.63) is 473 Å². The smallest absolute Gasteiger partial charge is 0.333 e. The summed E-state index contributed by atoms with van der Waals surface area (Å²) in [5.41, 5.74) is 49.8. The molecule has 20 aromatic carbocycles. The summed E-state index contributed by atoms with van der Waals surface area (Å²) in [6.45, 7) is -0.563. The lowest BCUT2D eigenvalue weighted by Crippen LogP contribution is -2.56. The average Bonchev–Trinajstić information content (AvgIpc) is 1.60. The molecule has 0 amide bonds. The second-order valence-corrected chi connectivity index (χ2v) is 34.6. The Labute approximate surface area is 745 Å². The van der Waals surface area contributed by atoms with Gasteiger partial charge in [-0.25, -0.2) is 0 Å². The molecule has 26 rings (SSSR count). The quantitative estimate of drug-likeness (QED) is 0.101. The average molecular weight is 1620 g/mol. The summed E-state index contributed by atoms with van der Waals surface area (Å²) in [6, 6.07) is 177. The molecule has 0 N–H and O–H groups in total. The Hall–Kier alpha value is -16.5. The molecule has 6 heterocycles. The molecule has 22 aromatic rings. The van der Waals surface area contributed by atoms with E-state index in [0.29, 0.717) is 0 Å². The molecular weight excluding hydrogens is 1540 g/mol. The highest BCUT2D eigenvalue weighted by molar-refractivity contribution is 6.92. The largest absolute Gasteiger partial charge is 0.374 e. The molecule has 592 valence electrons. The van der Waals surface area contributed by atoms with E-state index < -0.39 is 0 Å². The number of anilines is 6. The first-order valence-electron chi connectivity index (χ1n) is 44.5. The van der Waals surface area contributed by atoms with Crippen LogP contribution in [0.4, 0.5) is 34.1 Å². The van der Waals surface area contributed by atoms with Gasteiger partial charge in [0.25, 0.3) is 0 Å². The van der Waals surface area contributed by atoms with Gasteiger partial charge in [0.15, 0.2) is 0 Å². The SMILES string of the molecule is c1ccc(-c2cc(-c3ccccc3)cc(-c3ccc(N4c5ccc(-c6cc(-c7ccccc7)cc(-c7ccccc7)c6)cc5B5c6c(cccc64)-c4cccc6c4n5c4c5cccc7c5n(c64)B4c5cc(-c6cc(-c8ccccc8)cc(-c8ccccc8)c6)ccc5N(c5ccc(-c6cc(-c8ccccc8)cc(-c8ccccc8)c6)cc5)c5cccc-7c54)cc3)c2)cc1. The Bertz CT molecular complexity index is 7480. The van der Waals surface area contributed by atoms with E-state index in [1.165, 1.54) is 177 Å². The lowest BCUT2D eigenvalue weighted by Gasteiger charge is -2.41. The summed E-state index contributed by atoms with van der Waals surface area (Å²) in [5.74, 6) is 0. The van der Waals surface area contributed by atoms with Crippen LogP contribution in [0.2, 0.25) is 0 Å². The third-order valence-electron chi connectivity index (χ3n) is 27.4.